The van der Waals surface area contributed by atoms with Crippen molar-refractivity contribution in [2.24, 2.45) is 5.16 Å². The Kier molecular flexibility index (Phi) is 7.29. The van der Waals surface area contributed by atoms with E-state index < -0.39 is 11.8 Å². The van der Waals surface area contributed by atoms with Crippen LogP contribution >= 0.6 is 0 Å². The van der Waals surface area contributed by atoms with Crippen molar-refractivity contribution in [3.8, 4) is 23.0 Å². The lowest BCUT2D eigenvalue weighted by Crippen LogP contribution is -2.11. The van der Waals surface area contributed by atoms with E-state index in [1.807, 2.05) is 12.1 Å². The van der Waals surface area contributed by atoms with Crippen molar-refractivity contribution in [2.45, 2.75) is 0 Å². The molecule has 0 saturated carbocycles. The Labute approximate surface area is 206 Å². The topological polar surface area (TPSA) is 88.5 Å². The van der Waals surface area contributed by atoms with Gasteiger partial charge in [0.05, 0.1) is 34.0 Å². The summed E-state index contributed by atoms with van der Waals surface area (Å²) >= 11 is 0. The highest BCUT2D eigenvalue weighted by atomic mass is 19.1. The van der Waals surface area contributed by atoms with Gasteiger partial charge in [0.2, 0.25) is 0 Å². The average Bonchev–Trinajstić information content (AvgIpc) is 2.92. The second kappa shape index (κ2) is 10.7. The third kappa shape index (κ3) is 4.90. The third-order valence-electron chi connectivity index (χ3n) is 5.43. The van der Waals surface area contributed by atoms with Crippen LogP contribution in [0.5, 0.6) is 23.0 Å². The number of hydrogen-bond acceptors (Lipinski definition) is 8. The molecule has 0 aliphatic rings. The van der Waals surface area contributed by atoms with Gasteiger partial charge in [-0.05, 0) is 60.0 Å². The molecule has 0 fully saturated rings. The van der Waals surface area contributed by atoms with Gasteiger partial charge in [0.25, 0.3) is 0 Å². The van der Waals surface area contributed by atoms with Crippen LogP contribution in [0.25, 0.3) is 10.8 Å². The molecule has 0 atom stereocenters. The predicted octanol–water partition coefficient (Wildman–Crippen LogP) is 5.02. The summed E-state index contributed by atoms with van der Waals surface area (Å²) in [4.78, 5) is 22.4. The lowest BCUT2D eigenvalue weighted by molar-refractivity contribution is 0.0516. The van der Waals surface area contributed by atoms with Crippen LogP contribution in [-0.4, -0.2) is 45.1 Å². The van der Waals surface area contributed by atoms with E-state index in [2.05, 4.69) is 10.1 Å². The van der Waals surface area contributed by atoms with Crippen LogP contribution in [-0.2, 0) is 4.84 Å². The summed E-state index contributed by atoms with van der Waals surface area (Å²) < 4.78 is 35.3. The predicted molar refractivity (Wildman–Crippen MR) is 132 cm³/mol. The summed E-state index contributed by atoms with van der Waals surface area (Å²) in [6.45, 7) is 0. The van der Waals surface area contributed by atoms with Crippen molar-refractivity contribution in [3.63, 3.8) is 0 Å². The van der Waals surface area contributed by atoms with E-state index in [4.69, 9.17) is 23.8 Å². The van der Waals surface area contributed by atoms with E-state index in [1.54, 1.807) is 37.6 Å². The number of nitrogens with zero attached hydrogens (tertiary/aromatic N) is 2. The van der Waals surface area contributed by atoms with Crippen molar-refractivity contribution in [1.29, 1.82) is 0 Å². The first-order chi connectivity index (χ1) is 17.5. The Bertz CT molecular complexity index is 1450. The highest BCUT2D eigenvalue weighted by molar-refractivity contribution is 6.18. The smallest absolute Gasteiger partial charge is 0.365 e. The maximum Gasteiger partial charge on any atom is 0.365 e. The zero-order chi connectivity index (χ0) is 25.7. The highest BCUT2D eigenvalue weighted by Gasteiger charge is 2.19. The molecule has 3 aromatic carbocycles. The molecule has 0 N–H and O–H groups in total. The summed E-state index contributed by atoms with van der Waals surface area (Å²) in [5.41, 5.74) is 1.20. The van der Waals surface area contributed by atoms with Crippen LogP contribution in [0.1, 0.15) is 21.6 Å². The van der Waals surface area contributed by atoms with Crippen LogP contribution in [0.4, 0.5) is 4.39 Å². The average molecular weight is 490 g/mol. The molecule has 1 aromatic heterocycles. The number of fused-ring (bicyclic) bond motifs is 1. The molecule has 0 saturated heterocycles. The van der Waals surface area contributed by atoms with E-state index in [0.717, 1.165) is 11.5 Å². The third-order valence-corrected chi connectivity index (χ3v) is 5.43. The molecule has 1 heterocycles. The first-order valence-corrected chi connectivity index (χ1v) is 10.8. The standard InChI is InChI=1S/C27H23FN2O6/c1-32-21-9-8-17(14-22(21)33-2)25(30-36-27(31)18-6-5-7-19(28)12-18)26-20-15-24(35-4)23(34-3)13-16(20)10-11-29-26/h5-15H,1-4H3/b30-25+. The maximum absolute atomic E-state index is 13.6. The number of carbonyl (C=O) groups is 1. The monoisotopic (exact) mass is 490 g/mol. The number of aromatic nitrogens is 1. The van der Waals surface area contributed by atoms with Gasteiger partial charge in [0.1, 0.15) is 17.2 Å². The number of methoxy groups -OCH3 is 4. The summed E-state index contributed by atoms with van der Waals surface area (Å²) in [6.07, 6.45) is 1.61. The minimum atomic E-state index is -0.827. The minimum Gasteiger partial charge on any atom is -0.493 e. The van der Waals surface area contributed by atoms with Crippen molar-refractivity contribution in [3.05, 3.63) is 89.5 Å². The molecule has 9 heteroatoms. The fourth-order valence-electron chi connectivity index (χ4n) is 3.66. The van der Waals surface area contributed by atoms with E-state index in [1.165, 1.54) is 39.5 Å². The normalized spacial score (nSPS) is 11.2. The van der Waals surface area contributed by atoms with Gasteiger partial charge in [-0.3, -0.25) is 4.98 Å². The van der Waals surface area contributed by atoms with Gasteiger partial charge < -0.3 is 23.8 Å². The number of rotatable bonds is 8. The maximum atomic E-state index is 13.6. The number of halogens is 1. The SMILES string of the molecule is COc1ccc(/C(=N\OC(=O)c2cccc(F)c2)c2nccc3cc(OC)c(OC)cc23)cc1OC. The van der Waals surface area contributed by atoms with Crippen molar-refractivity contribution < 1.29 is 33.0 Å². The molecule has 184 valence electrons. The second-order valence-corrected chi connectivity index (χ2v) is 7.49. The molecule has 0 aliphatic heterocycles. The molecule has 8 nitrogen and oxygen atoms in total. The fraction of sp³-hybridized carbons (Fsp3) is 0.148. The van der Waals surface area contributed by atoms with Gasteiger partial charge in [0, 0.05) is 17.1 Å². The van der Waals surface area contributed by atoms with Crippen molar-refractivity contribution >= 4 is 22.5 Å². The molecule has 0 amide bonds. The zero-order valence-corrected chi connectivity index (χ0v) is 20.1. The molecule has 4 aromatic rings. The lowest BCUT2D eigenvalue weighted by atomic mass is 10.0. The molecule has 0 aliphatic carbocycles. The molecular weight excluding hydrogens is 467 g/mol. The van der Waals surface area contributed by atoms with Gasteiger partial charge in [-0.2, -0.15) is 0 Å². The van der Waals surface area contributed by atoms with E-state index >= 15 is 0 Å². The molecule has 0 bridgehead atoms. The van der Waals surface area contributed by atoms with Gasteiger partial charge in [-0.15, -0.1) is 0 Å². The van der Waals surface area contributed by atoms with Crippen LogP contribution in [0.3, 0.4) is 0 Å². The Balaban J connectivity index is 1.89. The van der Waals surface area contributed by atoms with Gasteiger partial charge >= 0.3 is 5.97 Å². The van der Waals surface area contributed by atoms with E-state index in [-0.39, 0.29) is 11.3 Å². The van der Waals surface area contributed by atoms with Crippen LogP contribution in [0, 0.1) is 5.82 Å². The second-order valence-electron chi connectivity index (χ2n) is 7.49. The molecule has 4 rings (SSSR count). The quantitative estimate of drug-likeness (QED) is 0.195. The van der Waals surface area contributed by atoms with Gasteiger partial charge in [-0.1, -0.05) is 11.2 Å². The van der Waals surface area contributed by atoms with E-state index in [0.29, 0.717) is 39.6 Å². The van der Waals surface area contributed by atoms with Gasteiger partial charge in [-0.25, -0.2) is 9.18 Å². The first kappa shape index (κ1) is 24.5. The Hall–Kier alpha value is -4.66. The summed E-state index contributed by atoms with van der Waals surface area (Å²) in [6, 6.07) is 15.7. The first-order valence-electron chi connectivity index (χ1n) is 10.8. The van der Waals surface area contributed by atoms with Crippen LogP contribution < -0.4 is 18.9 Å². The Morgan fingerprint density at radius 1 is 0.778 bits per heavy atom. The number of pyridine rings is 1. The highest BCUT2D eigenvalue weighted by Crippen LogP contribution is 2.35. The number of ether oxygens (including phenoxy) is 4. The summed E-state index contributed by atoms with van der Waals surface area (Å²) in [5, 5.41) is 5.63. The molecule has 0 unspecified atom stereocenters. The number of carbonyl (C=O) groups excluding carboxylic acids is 1. The molecular formula is C27H23FN2O6. The van der Waals surface area contributed by atoms with Crippen molar-refractivity contribution in [1.82, 2.24) is 4.98 Å². The van der Waals surface area contributed by atoms with E-state index in [9.17, 15) is 9.18 Å². The fourth-order valence-corrected chi connectivity index (χ4v) is 3.66. The lowest BCUT2D eigenvalue weighted by Gasteiger charge is -2.14. The molecule has 0 spiro atoms. The summed E-state index contributed by atoms with van der Waals surface area (Å²) in [5.74, 6) is 0.595. The zero-order valence-electron chi connectivity index (χ0n) is 20.1. The minimum absolute atomic E-state index is 0.0164. The number of hydrogen-bond donors (Lipinski definition) is 0. The van der Waals surface area contributed by atoms with Gasteiger partial charge in [0.15, 0.2) is 23.0 Å². The van der Waals surface area contributed by atoms with Crippen LogP contribution in [0.2, 0.25) is 0 Å². The number of benzene rings is 3. The van der Waals surface area contributed by atoms with Crippen LogP contribution in [0.15, 0.2) is 72.0 Å². The number of oxime groups is 1. The Morgan fingerprint density at radius 3 is 2.17 bits per heavy atom. The molecule has 0 radical (unpaired) electrons. The summed E-state index contributed by atoms with van der Waals surface area (Å²) in [7, 11) is 6.12. The largest absolute Gasteiger partial charge is 0.493 e. The molecule has 36 heavy (non-hydrogen) atoms. The van der Waals surface area contributed by atoms with Crippen molar-refractivity contribution in [2.75, 3.05) is 28.4 Å². The Morgan fingerprint density at radius 2 is 1.47 bits per heavy atom.